The number of carbonyl (C=O) groups is 1. The van der Waals surface area contributed by atoms with E-state index in [1.165, 1.54) is 36.4 Å². The van der Waals surface area contributed by atoms with Crippen LogP contribution in [-0.4, -0.2) is 29.3 Å². The number of H-pyrrole nitrogens is 1. The number of aromatic amines is 1. The van der Waals surface area contributed by atoms with Crippen LogP contribution in [-0.2, 0) is 0 Å². The number of carbonyl (C=O) groups excluding carboxylic acids is 1. The van der Waals surface area contributed by atoms with Crippen molar-refractivity contribution in [2.45, 2.75) is 13.5 Å². The molecule has 0 radical (unpaired) electrons. The average molecular weight is 391 g/mol. The molecule has 2 aromatic carbocycles. The number of hydrogen-bond acceptors (Lipinski definition) is 4. The Morgan fingerprint density at radius 1 is 1.14 bits per heavy atom. The standard InChI is InChI=1S/C19H16F3N3O3/c1-2-27-17-9-13(7-8-16(17)28-19(21)22)23-18(26)15-10-14(24-25-15)11-3-5-12(20)6-4-11/h3-10,19H,2H2,1H3,(H,23,26)(H,24,25). The summed E-state index contributed by atoms with van der Waals surface area (Å²) >= 11 is 0. The van der Waals surface area contributed by atoms with E-state index in [2.05, 4.69) is 20.3 Å². The number of nitrogens with one attached hydrogen (secondary N) is 2. The molecule has 0 unspecified atom stereocenters. The molecule has 146 valence electrons. The summed E-state index contributed by atoms with van der Waals surface area (Å²) in [7, 11) is 0. The second-order valence-electron chi connectivity index (χ2n) is 5.60. The first-order chi connectivity index (χ1) is 13.5. The van der Waals surface area contributed by atoms with Crippen molar-refractivity contribution in [2.75, 3.05) is 11.9 Å². The SMILES string of the molecule is CCOc1cc(NC(=O)c2cc(-c3ccc(F)cc3)n[nH]2)ccc1OC(F)F. The van der Waals surface area contributed by atoms with Crippen molar-refractivity contribution in [2.24, 2.45) is 0 Å². The molecular weight excluding hydrogens is 375 g/mol. The molecule has 6 nitrogen and oxygen atoms in total. The summed E-state index contributed by atoms with van der Waals surface area (Å²) in [5, 5.41) is 9.26. The molecule has 0 fully saturated rings. The Bertz CT molecular complexity index is 959. The molecule has 0 aliphatic rings. The summed E-state index contributed by atoms with van der Waals surface area (Å²) in [6.07, 6.45) is 0. The fraction of sp³-hybridized carbons (Fsp3) is 0.158. The van der Waals surface area contributed by atoms with Gasteiger partial charge in [0.1, 0.15) is 11.5 Å². The highest BCUT2D eigenvalue weighted by atomic mass is 19.3. The molecule has 9 heteroatoms. The van der Waals surface area contributed by atoms with Crippen molar-refractivity contribution in [3.63, 3.8) is 0 Å². The van der Waals surface area contributed by atoms with Gasteiger partial charge >= 0.3 is 6.61 Å². The topological polar surface area (TPSA) is 76.2 Å². The molecule has 1 aromatic heterocycles. The number of alkyl halides is 2. The van der Waals surface area contributed by atoms with Gasteiger partial charge in [-0.2, -0.15) is 13.9 Å². The smallest absolute Gasteiger partial charge is 0.387 e. The van der Waals surface area contributed by atoms with Crippen LogP contribution in [0.25, 0.3) is 11.3 Å². The van der Waals surface area contributed by atoms with Crippen molar-refractivity contribution >= 4 is 11.6 Å². The minimum Gasteiger partial charge on any atom is -0.490 e. The molecule has 28 heavy (non-hydrogen) atoms. The van der Waals surface area contributed by atoms with E-state index >= 15 is 0 Å². The number of benzene rings is 2. The predicted octanol–water partition coefficient (Wildman–Crippen LogP) is 4.47. The Morgan fingerprint density at radius 3 is 2.57 bits per heavy atom. The van der Waals surface area contributed by atoms with Crippen molar-refractivity contribution in [1.29, 1.82) is 0 Å². The lowest BCUT2D eigenvalue weighted by atomic mass is 10.1. The number of nitrogens with zero attached hydrogens (tertiary/aromatic N) is 1. The van der Waals surface area contributed by atoms with E-state index in [1.807, 2.05) is 0 Å². The van der Waals surface area contributed by atoms with Crippen LogP contribution in [0.1, 0.15) is 17.4 Å². The molecule has 0 aliphatic carbocycles. The Kier molecular flexibility index (Phi) is 5.83. The summed E-state index contributed by atoms with van der Waals surface area (Å²) in [4.78, 5) is 12.4. The Morgan fingerprint density at radius 2 is 1.89 bits per heavy atom. The second-order valence-corrected chi connectivity index (χ2v) is 5.60. The lowest BCUT2D eigenvalue weighted by Gasteiger charge is -2.13. The van der Waals surface area contributed by atoms with E-state index in [9.17, 15) is 18.0 Å². The summed E-state index contributed by atoms with van der Waals surface area (Å²) in [5.41, 5.74) is 1.61. The van der Waals surface area contributed by atoms with Gasteiger partial charge < -0.3 is 14.8 Å². The van der Waals surface area contributed by atoms with Gasteiger partial charge in [-0.1, -0.05) is 0 Å². The predicted molar refractivity (Wildman–Crippen MR) is 96.2 cm³/mol. The molecular formula is C19H16F3N3O3. The first kappa shape index (κ1) is 19.3. The molecule has 0 saturated heterocycles. The molecule has 1 amide bonds. The summed E-state index contributed by atoms with van der Waals surface area (Å²) < 4.78 is 47.6. The van der Waals surface area contributed by atoms with E-state index in [-0.39, 0.29) is 29.6 Å². The average Bonchev–Trinajstić information content (AvgIpc) is 3.14. The molecule has 0 saturated carbocycles. The van der Waals surface area contributed by atoms with E-state index in [0.717, 1.165) is 0 Å². The van der Waals surface area contributed by atoms with Crippen molar-refractivity contribution in [1.82, 2.24) is 10.2 Å². The molecule has 0 aliphatic heterocycles. The van der Waals surface area contributed by atoms with Crippen LogP contribution < -0.4 is 14.8 Å². The van der Waals surface area contributed by atoms with Gasteiger partial charge in [0.25, 0.3) is 5.91 Å². The quantitative estimate of drug-likeness (QED) is 0.623. The fourth-order valence-corrected chi connectivity index (χ4v) is 2.45. The number of halogens is 3. The molecule has 0 bridgehead atoms. The van der Waals surface area contributed by atoms with Crippen LogP contribution in [0.2, 0.25) is 0 Å². The largest absolute Gasteiger partial charge is 0.490 e. The molecule has 3 aromatic rings. The minimum atomic E-state index is -2.99. The van der Waals surface area contributed by atoms with Gasteiger partial charge in [-0.3, -0.25) is 9.89 Å². The van der Waals surface area contributed by atoms with Crippen LogP contribution in [0.15, 0.2) is 48.5 Å². The van der Waals surface area contributed by atoms with Gasteiger partial charge in [0, 0.05) is 17.3 Å². The van der Waals surface area contributed by atoms with Gasteiger partial charge in [0.05, 0.1) is 12.3 Å². The highest BCUT2D eigenvalue weighted by molar-refractivity contribution is 6.03. The van der Waals surface area contributed by atoms with Crippen molar-refractivity contribution < 1.29 is 27.4 Å². The third kappa shape index (κ3) is 4.61. The zero-order valence-corrected chi connectivity index (χ0v) is 14.7. The number of rotatable bonds is 7. The molecule has 3 rings (SSSR count). The lowest BCUT2D eigenvalue weighted by molar-refractivity contribution is -0.0514. The fourth-order valence-electron chi connectivity index (χ4n) is 2.45. The molecule has 2 N–H and O–H groups in total. The Hall–Kier alpha value is -3.49. The molecule has 0 spiro atoms. The molecule has 0 atom stereocenters. The maximum absolute atomic E-state index is 13.0. The van der Waals surface area contributed by atoms with E-state index < -0.39 is 12.5 Å². The maximum Gasteiger partial charge on any atom is 0.387 e. The third-order valence-corrected chi connectivity index (χ3v) is 3.68. The third-order valence-electron chi connectivity index (χ3n) is 3.68. The highest BCUT2D eigenvalue weighted by Gasteiger charge is 2.15. The van der Waals surface area contributed by atoms with Gasteiger partial charge in [-0.15, -0.1) is 0 Å². The number of amides is 1. The maximum atomic E-state index is 13.0. The monoisotopic (exact) mass is 391 g/mol. The van der Waals surface area contributed by atoms with Crippen LogP contribution in [0.4, 0.5) is 18.9 Å². The van der Waals surface area contributed by atoms with Crippen LogP contribution in [0.3, 0.4) is 0 Å². The summed E-state index contributed by atoms with van der Waals surface area (Å²) in [6, 6.07) is 11.3. The van der Waals surface area contributed by atoms with Crippen LogP contribution in [0.5, 0.6) is 11.5 Å². The highest BCUT2D eigenvalue weighted by Crippen LogP contribution is 2.32. The van der Waals surface area contributed by atoms with Crippen LogP contribution >= 0.6 is 0 Å². The second kappa shape index (κ2) is 8.47. The minimum absolute atomic E-state index is 0.0808. The zero-order chi connectivity index (χ0) is 20.1. The van der Waals surface area contributed by atoms with Gasteiger partial charge in [-0.25, -0.2) is 4.39 Å². The van der Waals surface area contributed by atoms with Crippen molar-refractivity contribution in [3.05, 3.63) is 60.0 Å². The van der Waals surface area contributed by atoms with Crippen LogP contribution in [0, 0.1) is 5.82 Å². The summed E-state index contributed by atoms with van der Waals surface area (Å²) in [5.74, 6) is -0.917. The normalized spacial score (nSPS) is 10.8. The van der Waals surface area contributed by atoms with Crippen molar-refractivity contribution in [3.8, 4) is 22.8 Å². The van der Waals surface area contributed by atoms with Gasteiger partial charge in [0.2, 0.25) is 0 Å². The first-order valence-electron chi connectivity index (χ1n) is 8.30. The molecule has 1 heterocycles. The number of hydrogen-bond donors (Lipinski definition) is 2. The zero-order valence-electron chi connectivity index (χ0n) is 14.7. The first-order valence-corrected chi connectivity index (χ1v) is 8.30. The van der Waals surface area contributed by atoms with E-state index in [4.69, 9.17) is 4.74 Å². The summed E-state index contributed by atoms with van der Waals surface area (Å²) in [6.45, 7) is -1.06. The van der Waals surface area contributed by atoms with E-state index in [0.29, 0.717) is 16.9 Å². The number of ether oxygens (including phenoxy) is 2. The number of anilines is 1. The van der Waals surface area contributed by atoms with Gasteiger partial charge in [-0.05, 0) is 49.4 Å². The lowest BCUT2D eigenvalue weighted by Crippen LogP contribution is -2.13. The van der Waals surface area contributed by atoms with Gasteiger partial charge in [0.15, 0.2) is 11.5 Å². The van der Waals surface area contributed by atoms with E-state index in [1.54, 1.807) is 19.1 Å². The number of aromatic nitrogens is 2. The Labute approximate surface area is 158 Å². The Balaban J connectivity index is 1.75.